The molecule has 112 valence electrons. The van der Waals surface area contributed by atoms with Gasteiger partial charge in [-0.15, -0.1) is 0 Å². The molecule has 1 nitrogen and oxygen atoms in total. The topological polar surface area (TPSA) is 12.4 Å². The molecule has 0 aliphatic carbocycles. The van der Waals surface area contributed by atoms with Crippen LogP contribution in [0.3, 0.4) is 0 Å². The first-order valence-electron chi connectivity index (χ1n) is 4.65. The van der Waals surface area contributed by atoms with Crippen molar-refractivity contribution in [2.24, 2.45) is 4.99 Å². The summed E-state index contributed by atoms with van der Waals surface area (Å²) in [5.41, 5.74) is -8.04. The minimum atomic E-state index is -5.43. The largest absolute Gasteiger partial charge is 0.418 e. The van der Waals surface area contributed by atoms with Crippen molar-refractivity contribution < 1.29 is 39.5 Å². The van der Waals surface area contributed by atoms with Gasteiger partial charge in [-0.05, 0) is 18.9 Å². The highest BCUT2D eigenvalue weighted by Crippen LogP contribution is 2.47. The quantitative estimate of drug-likeness (QED) is 0.507. The van der Waals surface area contributed by atoms with Gasteiger partial charge in [-0.1, -0.05) is 0 Å². The van der Waals surface area contributed by atoms with E-state index in [2.05, 4.69) is 11.7 Å². The van der Waals surface area contributed by atoms with E-state index < -0.39 is 53.0 Å². The average Bonchev–Trinajstić information content (AvgIpc) is 2.23. The molecule has 0 aliphatic rings. The zero-order chi connectivity index (χ0) is 15.9. The van der Waals surface area contributed by atoms with Crippen molar-refractivity contribution >= 4 is 12.4 Å². The normalized spacial score (nSPS) is 13.4. The summed E-state index contributed by atoms with van der Waals surface area (Å²) >= 11 is 0. The molecule has 0 radical (unpaired) electrons. The van der Waals surface area contributed by atoms with Crippen LogP contribution in [0.25, 0.3) is 0 Å². The third-order valence-electron chi connectivity index (χ3n) is 2.21. The fourth-order valence-corrected chi connectivity index (χ4v) is 1.40. The third-order valence-corrected chi connectivity index (χ3v) is 2.21. The average molecular weight is 309 g/mol. The molecule has 0 amide bonds. The first-order chi connectivity index (χ1) is 8.78. The maximum atomic E-state index is 12.5. The van der Waals surface area contributed by atoms with Gasteiger partial charge in [0.15, 0.2) is 0 Å². The van der Waals surface area contributed by atoms with Gasteiger partial charge in [-0.3, -0.25) is 4.99 Å². The molecular weight excluding hydrogens is 305 g/mol. The van der Waals surface area contributed by atoms with Gasteiger partial charge in [-0.25, -0.2) is 0 Å². The molecule has 0 heterocycles. The molecule has 0 N–H and O–H groups in total. The highest BCUT2D eigenvalue weighted by Gasteiger charge is 2.44. The Morgan fingerprint density at radius 3 is 1.25 bits per heavy atom. The number of hydrogen-bond acceptors (Lipinski definition) is 1. The van der Waals surface area contributed by atoms with E-state index in [9.17, 15) is 39.5 Å². The number of benzene rings is 1. The molecule has 0 unspecified atom stereocenters. The molecule has 0 atom stereocenters. The maximum Gasteiger partial charge on any atom is 0.418 e. The molecule has 0 saturated heterocycles. The van der Waals surface area contributed by atoms with Gasteiger partial charge < -0.3 is 0 Å². The van der Waals surface area contributed by atoms with Crippen LogP contribution >= 0.6 is 0 Å². The standard InChI is InChI=1S/C10H4F9N/c1-20-7-5(9(14,15)16)2-4(8(11,12)13)3-6(7)10(17,18)19/h2-3H,1H2. The molecule has 0 aromatic heterocycles. The van der Waals surface area contributed by atoms with Crippen LogP contribution in [0.5, 0.6) is 0 Å². The first-order valence-corrected chi connectivity index (χ1v) is 4.65. The zero-order valence-electron chi connectivity index (χ0n) is 9.21. The minimum absolute atomic E-state index is 0.431. The van der Waals surface area contributed by atoms with Crippen LogP contribution in [-0.2, 0) is 18.5 Å². The summed E-state index contributed by atoms with van der Waals surface area (Å²) in [4.78, 5) is 2.57. The molecule has 0 bridgehead atoms. The van der Waals surface area contributed by atoms with E-state index in [0.717, 1.165) is 0 Å². The van der Waals surface area contributed by atoms with Gasteiger partial charge in [0.2, 0.25) is 0 Å². The zero-order valence-corrected chi connectivity index (χ0v) is 9.21. The second-order valence-corrected chi connectivity index (χ2v) is 3.57. The second kappa shape index (κ2) is 4.67. The Kier molecular flexibility index (Phi) is 3.81. The van der Waals surface area contributed by atoms with E-state index in [-0.39, 0.29) is 0 Å². The van der Waals surface area contributed by atoms with E-state index in [1.165, 1.54) is 0 Å². The van der Waals surface area contributed by atoms with Crippen LogP contribution in [0.15, 0.2) is 17.1 Å². The molecule has 0 aliphatic heterocycles. The fourth-order valence-electron chi connectivity index (χ4n) is 1.40. The van der Waals surface area contributed by atoms with Gasteiger partial charge in [0.05, 0.1) is 22.4 Å². The lowest BCUT2D eigenvalue weighted by molar-refractivity contribution is -0.147. The third kappa shape index (κ3) is 3.23. The van der Waals surface area contributed by atoms with Crippen molar-refractivity contribution in [3.05, 3.63) is 28.8 Å². The summed E-state index contributed by atoms with van der Waals surface area (Å²) < 4.78 is 112. The Balaban J connectivity index is 3.80. The molecule has 1 aromatic carbocycles. The van der Waals surface area contributed by atoms with Gasteiger partial charge in [0.25, 0.3) is 0 Å². The fraction of sp³-hybridized carbons (Fsp3) is 0.300. The highest BCUT2D eigenvalue weighted by atomic mass is 19.4. The molecular formula is C10H4F9N. The predicted octanol–water partition coefficient (Wildman–Crippen LogP) is 5.08. The van der Waals surface area contributed by atoms with E-state index >= 15 is 0 Å². The molecule has 1 aromatic rings. The summed E-state index contributed by atoms with van der Waals surface area (Å²) in [6.07, 6.45) is -16.2. The van der Waals surface area contributed by atoms with Gasteiger partial charge in [0, 0.05) is 0 Å². The summed E-state index contributed by atoms with van der Waals surface area (Å²) in [5, 5.41) is 0. The summed E-state index contributed by atoms with van der Waals surface area (Å²) in [7, 11) is 0. The molecule has 20 heavy (non-hydrogen) atoms. The first kappa shape index (κ1) is 16.3. The molecule has 0 saturated carbocycles. The van der Waals surface area contributed by atoms with Crippen LogP contribution in [0, 0.1) is 0 Å². The van der Waals surface area contributed by atoms with Gasteiger partial charge in [-0.2, -0.15) is 39.5 Å². The summed E-state index contributed by atoms with van der Waals surface area (Å²) in [6, 6.07) is -0.863. The highest BCUT2D eigenvalue weighted by molar-refractivity contribution is 5.61. The van der Waals surface area contributed by atoms with Crippen molar-refractivity contribution in [3.63, 3.8) is 0 Å². The SMILES string of the molecule is C=Nc1c(C(F)(F)F)cc(C(F)(F)F)cc1C(F)(F)F. The van der Waals surface area contributed by atoms with Gasteiger partial charge >= 0.3 is 18.5 Å². The number of halogens is 9. The Hall–Kier alpha value is -1.74. The van der Waals surface area contributed by atoms with Crippen molar-refractivity contribution in [2.75, 3.05) is 0 Å². The van der Waals surface area contributed by atoms with Crippen LogP contribution in [0.4, 0.5) is 45.2 Å². The molecule has 0 fully saturated rings. The number of hydrogen-bond donors (Lipinski definition) is 0. The van der Waals surface area contributed by atoms with Crippen molar-refractivity contribution in [1.29, 1.82) is 0 Å². The van der Waals surface area contributed by atoms with E-state index in [4.69, 9.17) is 0 Å². The van der Waals surface area contributed by atoms with Crippen LogP contribution in [0.2, 0.25) is 0 Å². The number of alkyl halides is 9. The Morgan fingerprint density at radius 1 is 0.700 bits per heavy atom. The number of rotatable bonds is 1. The molecule has 1 rings (SSSR count). The molecule has 0 spiro atoms. The van der Waals surface area contributed by atoms with Crippen molar-refractivity contribution in [2.45, 2.75) is 18.5 Å². The van der Waals surface area contributed by atoms with E-state index in [0.29, 0.717) is 0 Å². The van der Waals surface area contributed by atoms with Crippen LogP contribution < -0.4 is 0 Å². The second-order valence-electron chi connectivity index (χ2n) is 3.57. The predicted molar refractivity (Wildman–Crippen MR) is 50.7 cm³/mol. The lowest BCUT2D eigenvalue weighted by Gasteiger charge is -2.18. The summed E-state index contributed by atoms with van der Waals surface area (Å²) in [5.74, 6) is 0. The van der Waals surface area contributed by atoms with Crippen LogP contribution in [0.1, 0.15) is 16.7 Å². The Bertz CT molecular complexity index is 486. The Morgan fingerprint density at radius 2 is 1.05 bits per heavy atom. The summed E-state index contributed by atoms with van der Waals surface area (Å²) in [6.45, 7) is 2.54. The molecule has 10 heteroatoms. The number of aliphatic imine (C=N–C) groups is 1. The monoisotopic (exact) mass is 309 g/mol. The smallest absolute Gasteiger partial charge is 0.263 e. The Labute approximate surface area is 105 Å². The maximum absolute atomic E-state index is 12.5. The van der Waals surface area contributed by atoms with Crippen molar-refractivity contribution in [3.8, 4) is 0 Å². The van der Waals surface area contributed by atoms with E-state index in [1.807, 2.05) is 0 Å². The minimum Gasteiger partial charge on any atom is -0.263 e. The van der Waals surface area contributed by atoms with E-state index in [1.54, 1.807) is 0 Å². The van der Waals surface area contributed by atoms with Gasteiger partial charge in [0.1, 0.15) is 0 Å². The lowest BCUT2D eigenvalue weighted by Crippen LogP contribution is -2.16. The lowest BCUT2D eigenvalue weighted by atomic mass is 10.0. The van der Waals surface area contributed by atoms with Crippen LogP contribution in [-0.4, -0.2) is 6.72 Å². The van der Waals surface area contributed by atoms with Crippen molar-refractivity contribution in [1.82, 2.24) is 0 Å². The number of nitrogens with zero attached hydrogens (tertiary/aromatic N) is 1.